The summed E-state index contributed by atoms with van der Waals surface area (Å²) in [5.41, 5.74) is 2.40. The van der Waals surface area contributed by atoms with Crippen molar-refractivity contribution >= 4 is 17.2 Å². The van der Waals surface area contributed by atoms with Gasteiger partial charge in [-0.25, -0.2) is 0 Å². The van der Waals surface area contributed by atoms with Crippen LogP contribution in [-0.4, -0.2) is 32.6 Å². The van der Waals surface area contributed by atoms with Gasteiger partial charge in [-0.2, -0.15) is 5.10 Å². The van der Waals surface area contributed by atoms with Crippen molar-refractivity contribution in [1.82, 2.24) is 19.7 Å². The molecule has 0 aromatic carbocycles. The number of amides is 1. The minimum atomic E-state index is -0.0206. The van der Waals surface area contributed by atoms with Crippen LogP contribution in [0.3, 0.4) is 0 Å². The molecule has 2 aromatic rings. The van der Waals surface area contributed by atoms with Crippen molar-refractivity contribution < 1.29 is 4.79 Å². The first-order chi connectivity index (χ1) is 9.00. The van der Waals surface area contributed by atoms with E-state index >= 15 is 0 Å². The van der Waals surface area contributed by atoms with E-state index in [-0.39, 0.29) is 18.0 Å². The number of thiazole rings is 1. The lowest BCUT2D eigenvalue weighted by Crippen LogP contribution is -2.29. The fourth-order valence-corrected chi connectivity index (χ4v) is 2.45. The summed E-state index contributed by atoms with van der Waals surface area (Å²) in [6, 6.07) is 0.271. The molecule has 2 aromatic heterocycles. The Morgan fingerprint density at radius 1 is 1.37 bits per heavy atom. The quantitative estimate of drug-likeness (QED) is 0.864. The van der Waals surface area contributed by atoms with Gasteiger partial charge < -0.3 is 4.90 Å². The lowest BCUT2D eigenvalue weighted by Gasteiger charge is -2.23. The van der Waals surface area contributed by atoms with Gasteiger partial charge in [0.2, 0.25) is 0 Å². The number of rotatable bonds is 4. The van der Waals surface area contributed by atoms with Crippen molar-refractivity contribution in [2.45, 2.75) is 32.9 Å². The number of carbonyl (C=O) groups is 1. The van der Waals surface area contributed by atoms with Crippen molar-refractivity contribution in [2.24, 2.45) is 0 Å². The number of hydrogen-bond donors (Lipinski definition) is 0. The van der Waals surface area contributed by atoms with E-state index in [1.54, 1.807) is 52.1 Å². The van der Waals surface area contributed by atoms with E-state index in [1.807, 2.05) is 20.8 Å². The van der Waals surface area contributed by atoms with Crippen LogP contribution in [0.4, 0.5) is 0 Å². The highest BCUT2D eigenvalue weighted by atomic mass is 32.1. The third-order valence-corrected chi connectivity index (χ3v) is 4.09. The van der Waals surface area contributed by atoms with Crippen molar-refractivity contribution in [3.05, 3.63) is 34.5 Å². The molecule has 6 heteroatoms. The molecule has 0 radical (unpaired) electrons. The van der Waals surface area contributed by atoms with Gasteiger partial charge in [-0.3, -0.25) is 14.5 Å². The maximum Gasteiger partial charge on any atom is 0.257 e. The molecule has 0 bridgehead atoms. The first-order valence-corrected chi connectivity index (χ1v) is 7.08. The molecule has 0 N–H and O–H groups in total. The third-order valence-electron chi connectivity index (χ3n) is 3.14. The largest absolute Gasteiger partial charge is 0.334 e. The molecule has 0 aliphatic rings. The summed E-state index contributed by atoms with van der Waals surface area (Å²) in [4.78, 5) is 19.2. The monoisotopic (exact) mass is 278 g/mol. The molecule has 0 unspecified atom stereocenters. The zero-order valence-electron chi connectivity index (χ0n) is 11.6. The lowest BCUT2D eigenvalue weighted by molar-refractivity contribution is 0.0744. The fourth-order valence-electron chi connectivity index (χ4n) is 1.73. The second-order valence-electron chi connectivity index (χ2n) is 4.80. The van der Waals surface area contributed by atoms with E-state index in [0.29, 0.717) is 5.56 Å². The first-order valence-electron chi connectivity index (χ1n) is 6.20. The van der Waals surface area contributed by atoms with Gasteiger partial charge in [0, 0.05) is 30.4 Å². The molecule has 0 saturated carbocycles. The second-order valence-corrected chi connectivity index (χ2v) is 5.72. The molecule has 0 saturated heterocycles. The summed E-state index contributed by atoms with van der Waals surface area (Å²) in [6.45, 7) is 6.06. The van der Waals surface area contributed by atoms with Gasteiger partial charge in [0.25, 0.3) is 5.91 Å². The second kappa shape index (κ2) is 5.52. The lowest BCUT2D eigenvalue weighted by atomic mass is 10.2. The Labute approximate surface area is 116 Å². The number of carbonyl (C=O) groups excluding carboxylic acids is 1. The van der Waals surface area contributed by atoms with Gasteiger partial charge >= 0.3 is 0 Å². The number of aromatic nitrogens is 3. The normalized spacial score (nSPS) is 12.7. The van der Waals surface area contributed by atoms with Gasteiger partial charge in [-0.1, -0.05) is 0 Å². The van der Waals surface area contributed by atoms with Crippen LogP contribution in [0.1, 0.15) is 48.1 Å². The molecule has 2 rings (SSSR count). The van der Waals surface area contributed by atoms with Crippen LogP contribution in [0.5, 0.6) is 0 Å². The van der Waals surface area contributed by atoms with E-state index in [9.17, 15) is 4.79 Å². The van der Waals surface area contributed by atoms with Crippen LogP contribution in [0, 0.1) is 0 Å². The molecule has 2 heterocycles. The van der Waals surface area contributed by atoms with Crippen LogP contribution >= 0.6 is 11.3 Å². The summed E-state index contributed by atoms with van der Waals surface area (Å²) in [5, 5.41) is 4.20. The summed E-state index contributed by atoms with van der Waals surface area (Å²) >= 11 is 1.56. The molecule has 0 aliphatic carbocycles. The van der Waals surface area contributed by atoms with E-state index in [1.165, 1.54) is 0 Å². The van der Waals surface area contributed by atoms with E-state index in [0.717, 1.165) is 4.88 Å². The van der Waals surface area contributed by atoms with Crippen LogP contribution in [0.25, 0.3) is 0 Å². The molecule has 5 nitrogen and oxygen atoms in total. The Bertz CT molecular complexity index is 547. The number of nitrogens with zero attached hydrogens (tertiary/aromatic N) is 4. The average molecular weight is 278 g/mol. The van der Waals surface area contributed by atoms with Gasteiger partial charge in [0.1, 0.15) is 0 Å². The molecule has 0 spiro atoms. The third kappa shape index (κ3) is 2.84. The molecule has 19 heavy (non-hydrogen) atoms. The molecular formula is C13H18N4OS. The van der Waals surface area contributed by atoms with E-state index < -0.39 is 0 Å². The van der Waals surface area contributed by atoms with Crippen LogP contribution in [-0.2, 0) is 0 Å². The Morgan fingerprint density at radius 3 is 2.63 bits per heavy atom. The molecular weight excluding hydrogens is 260 g/mol. The Kier molecular flexibility index (Phi) is 3.99. The summed E-state index contributed by atoms with van der Waals surface area (Å²) < 4.78 is 1.79. The van der Waals surface area contributed by atoms with Crippen LogP contribution in [0.15, 0.2) is 24.1 Å². The predicted octanol–water partition coefficient (Wildman–Crippen LogP) is 2.75. The highest BCUT2D eigenvalue weighted by Crippen LogP contribution is 2.23. The molecule has 0 aliphatic heterocycles. The zero-order valence-corrected chi connectivity index (χ0v) is 12.4. The zero-order chi connectivity index (χ0) is 14.0. The van der Waals surface area contributed by atoms with Crippen LogP contribution in [0.2, 0.25) is 0 Å². The maximum absolute atomic E-state index is 12.4. The minimum Gasteiger partial charge on any atom is -0.334 e. The minimum absolute atomic E-state index is 0.0161. The van der Waals surface area contributed by atoms with Gasteiger partial charge in [-0.05, 0) is 20.8 Å². The highest BCUT2D eigenvalue weighted by molar-refractivity contribution is 7.09. The first kappa shape index (κ1) is 13.7. The SMILES string of the molecule is CC(C)n1cc(C(=O)N(C)[C@@H](C)c2cncs2)cn1. The topological polar surface area (TPSA) is 51.0 Å². The number of hydrogen-bond acceptors (Lipinski definition) is 4. The van der Waals surface area contributed by atoms with Crippen molar-refractivity contribution in [3.63, 3.8) is 0 Å². The molecule has 1 amide bonds. The Hall–Kier alpha value is -1.69. The van der Waals surface area contributed by atoms with Gasteiger partial charge in [0.05, 0.1) is 23.3 Å². The molecule has 0 fully saturated rings. The molecule has 1 atom stereocenters. The smallest absolute Gasteiger partial charge is 0.257 e. The van der Waals surface area contributed by atoms with Crippen molar-refractivity contribution in [2.75, 3.05) is 7.05 Å². The summed E-state index contributed by atoms with van der Waals surface area (Å²) in [5.74, 6) is -0.0206. The standard InChI is InChI=1S/C13H18N4OS/c1-9(2)17-7-11(5-15-17)13(18)16(4)10(3)12-6-14-8-19-12/h5-10H,1-4H3/t10-/m0/s1. The Balaban J connectivity index is 2.14. The fraction of sp³-hybridized carbons (Fsp3) is 0.462. The van der Waals surface area contributed by atoms with Gasteiger partial charge in [-0.15, -0.1) is 11.3 Å². The van der Waals surface area contributed by atoms with E-state index in [4.69, 9.17) is 0 Å². The maximum atomic E-state index is 12.4. The summed E-state index contributed by atoms with van der Waals surface area (Å²) in [6.07, 6.45) is 5.22. The molecule has 102 valence electrons. The van der Waals surface area contributed by atoms with Crippen LogP contribution < -0.4 is 0 Å². The predicted molar refractivity (Wildman–Crippen MR) is 75.2 cm³/mol. The highest BCUT2D eigenvalue weighted by Gasteiger charge is 2.21. The van der Waals surface area contributed by atoms with Crippen molar-refractivity contribution in [3.8, 4) is 0 Å². The van der Waals surface area contributed by atoms with Gasteiger partial charge in [0.15, 0.2) is 0 Å². The van der Waals surface area contributed by atoms with E-state index in [2.05, 4.69) is 10.1 Å². The average Bonchev–Trinajstić information content (AvgIpc) is 3.06. The van der Waals surface area contributed by atoms with Crippen molar-refractivity contribution in [1.29, 1.82) is 0 Å². The Morgan fingerprint density at radius 2 is 2.11 bits per heavy atom. The summed E-state index contributed by atoms with van der Waals surface area (Å²) in [7, 11) is 1.80.